The van der Waals surface area contributed by atoms with Crippen LogP contribution in [0.4, 0.5) is 0 Å². The first-order chi connectivity index (χ1) is 10.2. The minimum Gasteiger partial charge on any atom is -0.384 e. The van der Waals surface area contributed by atoms with Gasteiger partial charge in [0, 0.05) is 34.4 Å². The number of hydrogen-bond donors (Lipinski definition) is 2. The van der Waals surface area contributed by atoms with Crippen LogP contribution in [0.5, 0.6) is 0 Å². The van der Waals surface area contributed by atoms with Crippen LogP contribution in [-0.4, -0.2) is 42.8 Å². The molecule has 0 saturated heterocycles. The summed E-state index contributed by atoms with van der Waals surface area (Å²) in [5.41, 5.74) is 1.33. The van der Waals surface area contributed by atoms with Gasteiger partial charge in [0.25, 0.3) is 0 Å². The molecule has 1 fully saturated rings. The van der Waals surface area contributed by atoms with Crippen LogP contribution in [0.2, 0.25) is 0 Å². The molecular weight excluding hydrogens is 280 g/mol. The summed E-state index contributed by atoms with van der Waals surface area (Å²) in [6.45, 7) is 1.88. The van der Waals surface area contributed by atoms with Crippen LogP contribution in [0.25, 0.3) is 0 Å². The molecule has 0 atom stereocenters. The Bertz CT molecular complexity index is 492. The largest absolute Gasteiger partial charge is 0.384 e. The van der Waals surface area contributed by atoms with Crippen molar-refractivity contribution in [2.75, 3.05) is 27.2 Å². The van der Waals surface area contributed by atoms with Crippen molar-refractivity contribution >= 4 is 11.3 Å². The van der Waals surface area contributed by atoms with E-state index < -0.39 is 0 Å². The predicted molar refractivity (Wildman–Crippen MR) is 89.5 cm³/mol. The van der Waals surface area contributed by atoms with E-state index in [4.69, 9.17) is 5.11 Å². The smallest absolute Gasteiger partial charge is 0.104 e. The highest BCUT2D eigenvalue weighted by Crippen LogP contribution is 2.31. The zero-order valence-corrected chi connectivity index (χ0v) is 13.9. The molecule has 0 aliphatic heterocycles. The van der Waals surface area contributed by atoms with Gasteiger partial charge in [-0.1, -0.05) is 31.1 Å². The maximum absolute atomic E-state index is 8.71. The first kappa shape index (κ1) is 16.5. The molecule has 0 unspecified atom stereocenters. The molecule has 0 amide bonds. The van der Waals surface area contributed by atoms with Gasteiger partial charge in [-0.05, 0) is 33.0 Å². The summed E-state index contributed by atoms with van der Waals surface area (Å²) in [6.07, 6.45) is 6.67. The first-order valence-corrected chi connectivity index (χ1v) is 8.59. The van der Waals surface area contributed by atoms with Gasteiger partial charge in [0.15, 0.2) is 0 Å². The SMILES string of the molecule is CN(C)C1(CNCc2cc(C#CCO)cs2)CCCCC1. The van der Waals surface area contributed by atoms with E-state index in [1.165, 1.54) is 37.0 Å². The predicted octanol–water partition coefficient (Wildman–Crippen LogP) is 2.45. The molecule has 1 aromatic heterocycles. The fourth-order valence-corrected chi connectivity index (χ4v) is 3.88. The summed E-state index contributed by atoms with van der Waals surface area (Å²) in [5.74, 6) is 5.65. The monoisotopic (exact) mass is 306 g/mol. The fourth-order valence-electron chi connectivity index (χ4n) is 3.09. The topological polar surface area (TPSA) is 35.5 Å². The average molecular weight is 306 g/mol. The fraction of sp³-hybridized carbons (Fsp3) is 0.647. The molecule has 0 spiro atoms. The molecule has 2 rings (SSSR count). The summed E-state index contributed by atoms with van der Waals surface area (Å²) in [6, 6.07) is 2.11. The molecule has 0 bridgehead atoms. The number of likely N-dealkylation sites (N-methyl/N-ethyl adjacent to an activating group) is 1. The van der Waals surface area contributed by atoms with E-state index in [2.05, 4.69) is 47.6 Å². The van der Waals surface area contributed by atoms with Crippen LogP contribution in [0.1, 0.15) is 42.5 Å². The summed E-state index contributed by atoms with van der Waals surface area (Å²) < 4.78 is 0. The quantitative estimate of drug-likeness (QED) is 0.820. The lowest BCUT2D eigenvalue weighted by Gasteiger charge is -2.43. The maximum Gasteiger partial charge on any atom is 0.104 e. The average Bonchev–Trinajstić information content (AvgIpc) is 2.94. The second-order valence-electron chi connectivity index (χ2n) is 6.04. The lowest BCUT2D eigenvalue weighted by molar-refractivity contribution is 0.0985. The lowest BCUT2D eigenvalue weighted by Crippen LogP contribution is -2.52. The maximum atomic E-state index is 8.71. The summed E-state index contributed by atoms with van der Waals surface area (Å²) in [5, 5.41) is 14.4. The van der Waals surface area contributed by atoms with Gasteiger partial charge >= 0.3 is 0 Å². The third-order valence-electron chi connectivity index (χ3n) is 4.45. The van der Waals surface area contributed by atoms with E-state index in [1.54, 1.807) is 11.3 Å². The molecule has 0 radical (unpaired) electrons. The molecule has 21 heavy (non-hydrogen) atoms. The molecule has 2 N–H and O–H groups in total. The standard InChI is InChI=1S/C17H26N2OS/c1-19(2)17(8-4-3-5-9-17)14-18-12-16-11-15(13-21-16)7-6-10-20/h11,13,18,20H,3-5,8-10,12,14H2,1-2H3. The van der Waals surface area contributed by atoms with E-state index in [0.29, 0.717) is 5.54 Å². The molecule has 1 aliphatic rings. The Morgan fingerprint density at radius 1 is 1.33 bits per heavy atom. The summed E-state index contributed by atoms with van der Waals surface area (Å²) >= 11 is 1.73. The highest BCUT2D eigenvalue weighted by molar-refractivity contribution is 7.10. The van der Waals surface area contributed by atoms with E-state index in [9.17, 15) is 0 Å². The second kappa shape index (κ2) is 7.95. The third-order valence-corrected chi connectivity index (χ3v) is 5.39. The number of nitrogens with zero attached hydrogens (tertiary/aromatic N) is 1. The molecule has 3 nitrogen and oxygen atoms in total. The Morgan fingerprint density at radius 2 is 2.10 bits per heavy atom. The Labute approximate surface area is 132 Å². The van der Waals surface area contributed by atoms with E-state index in [-0.39, 0.29) is 6.61 Å². The molecule has 1 heterocycles. The normalized spacial score (nSPS) is 17.5. The number of rotatable bonds is 5. The highest BCUT2D eigenvalue weighted by Gasteiger charge is 2.33. The van der Waals surface area contributed by atoms with Gasteiger partial charge in [-0.2, -0.15) is 0 Å². The van der Waals surface area contributed by atoms with Crippen molar-refractivity contribution in [1.29, 1.82) is 0 Å². The lowest BCUT2D eigenvalue weighted by atomic mass is 9.80. The van der Waals surface area contributed by atoms with Crippen LogP contribution >= 0.6 is 11.3 Å². The number of aliphatic hydroxyl groups is 1. The summed E-state index contributed by atoms with van der Waals surface area (Å²) in [7, 11) is 4.42. The Morgan fingerprint density at radius 3 is 2.76 bits per heavy atom. The van der Waals surface area contributed by atoms with Crippen LogP contribution in [0.3, 0.4) is 0 Å². The molecule has 1 saturated carbocycles. The van der Waals surface area contributed by atoms with Crippen LogP contribution in [0.15, 0.2) is 11.4 Å². The van der Waals surface area contributed by atoms with Gasteiger partial charge in [-0.15, -0.1) is 11.3 Å². The zero-order valence-electron chi connectivity index (χ0n) is 13.1. The van der Waals surface area contributed by atoms with Gasteiger partial charge in [-0.25, -0.2) is 0 Å². The zero-order chi connectivity index (χ0) is 15.1. The van der Waals surface area contributed by atoms with Gasteiger partial charge < -0.3 is 15.3 Å². The van der Waals surface area contributed by atoms with Crippen molar-refractivity contribution in [3.63, 3.8) is 0 Å². The Hall–Kier alpha value is -0.860. The van der Waals surface area contributed by atoms with Crippen molar-refractivity contribution in [2.45, 2.75) is 44.2 Å². The minimum absolute atomic E-state index is 0.0746. The molecule has 4 heteroatoms. The van der Waals surface area contributed by atoms with E-state index >= 15 is 0 Å². The number of nitrogens with one attached hydrogen (secondary N) is 1. The van der Waals surface area contributed by atoms with Gasteiger partial charge in [0.05, 0.1) is 0 Å². The van der Waals surface area contributed by atoms with Gasteiger partial charge in [0.1, 0.15) is 6.61 Å². The van der Waals surface area contributed by atoms with E-state index in [0.717, 1.165) is 18.7 Å². The minimum atomic E-state index is -0.0746. The second-order valence-corrected chi connectivity index (χ2v) is 7.04. The van der Waals surface area contributed by atoms with Gasteiger partial charge in [-0.3, -0.25) is 0 Å². The first-order valence-electron chi connectivity index (χ1n) is 7.71. The van der Waals surface area contributed by atoms with Crippen LogP contribution in [-0.2, 0) is 6.54 Å². The number of thiophene rings is 1. The van der Waals surface area contributed by atoms with Crippen molar-refractivity contribution in [2.24, 2.45) is 0 Å². The highest BCUT2D eigenvalue weighted by atomic mass is 32.1. The van der Waals surface area contributed by atoms with Crippen LogP contribution in [0, 0.1) is 11.8 Å². The molecule has 1 aromatic rings. The molecule has 0 aromatic carbocycles. The Balaban J connectivity index is 1.86. The van der Waals surface area contributed by atoms with Crippen molar-refractivity contribution in [3.05, 3.63) is 21.9 Å². The molecule has 116 valence electrons. The third kappa shape index (κ3) is 4.55. The van der Waals surface area contributed by atoms with Crippen molar-refractivity contribution in [1.82, 2.24) is 10.2 Å². The molecular formula is C17H26N2OS. The summed E-state index contributed by atoms with van der Waals surface area (Å²) in [4.78, 5) is 3.72. The van der Waals surface area contributed by atoms with Crippen molar-refractivity contribution in [3.8, 4) is 11.8 Å². The number of aliphatic hydroxyl groups excluding tert-OH is 1. The van der Waals surface area contributed by atoms with Crippen molar-refractivity contribution < 1.29 is 5.11 Å². The van der Waals surface area contributed by atoms with Crippen LogP contribution < -0.4 is 5.32 Å². The number of hydrogen-bond acceptors (Lipinski definition) is 4. The van der Waals surface area contributed by atoms with E-state index in [1.807, 2.05) is 0 Å². The van der Waals surface area contributed by atoms with Gasteiger partial charge in [0.2, 0.25) is 0 Å². The molecule has 1 aliphatic carbocycles. The Kier molecular flexibility index (Phi) is 6.25.